The number of hydrogen-bond acceptors (Lipinski definition) is 2. The number of aliphatic hydroxyl groups excluding tert-OH is 1. The van der Waals surface area contributed by atoms with E-state index in [1.807, 2.05) is 30.0 Å². The molecule has 0 spiro atoms. The smallest absolute Gasteiger partial charge is 0.317 e. The number of rotatable bonds is 4. The van der Waals surface area contributed by atoms with Crippen molar-refractivity contribution in [3.05, 3.63) is 35.4 Å². The highest BCUT2D eigenvalue weighted by atomic mass is 16.3. The van der Waals surface area contributed by atoms with Crippen LogP contribution in [0.5, 0.6) is 0 Å². The van der Waals surface area contributed by atoms with Crippen molar-refractivity contribution in [3.8, 4) is 0 Å². The molecule has 1 aromatic carbocycles. The lowest BCUT2D eigenvalue weighted by atomic mass is 10.0. The van der Waals surface area contributed by atoms with Gasteiger partial charge in [-0.3, -0.25) is 0 Å². The van der Waals surface area contributed by atoms with Crippen LogP contribution in [-0.2, 0) is 6.54 Å². The van der Waals surface area contributed by atoms with E-state index in [1.54, 1.807) is 0 Å². The predicted molar refractivity (Wildman–Crippen MR) is 79.5 cm³/mol. The van der Waals surface area contributed by atoms with Crippen molar-refractivity contribution in [1.82, 2.24) is 10.2 Å². The van der Waals surface area contributed by atoms with Crippen molar-refractivity contribution < 1.29 is 9.90 Å². The first-order valence-electron chi connectivity index (χ1n) is 7.41. The first kappa shape index (κ1) is 14.9. The molecule has 1 saturated heterocycles. The Morgan fingerprint density at radius 1 is 1.45 bits per heavy atom. The van der Waals surface area contributed by atoms with Crippen molar-refractivity contribution >= 4 is 6.03 Å². The minimum absolute atomic E-state index is 0.00958. The fourth-order valence-electron chi connectivity index (χ4n) is 2.82. The molecule has 0 aromatic heterocycles. The average Bonchev–Trinajstić information content (AvgIpc) is 2.46. The van der Waals surface area contributed by atoms with E-state index < -0.39 is 0 Å². The van der Waals surface area contributed by atoms with Gasteiger partial charge in [0, 0.05) is 25.7 Å². The molecule has 1 aliphatic heterocycles. The predicted octanol–water partition coefficient (Wildman–Crippen LogP) is 2.44. The fraction of sp³-hybridized carbons (Fsp3) is 0.562. The summed E-state index contributed by atoms with van der Waals surface area (Å²) in [6, 6.07) is 8.34. The normalized spacial score (nSPS) is 18.9. The van der Waals surface area contributed by atoms with Crippen molar-refractivity contribution in [2.24, 2.45) is 0 Å². The van der Waals surface area contributed by atoms with Crippen LogP contribution in [0.1, 0.15) is 36.8 Å². The molecule has 2 rings (SSSR count). The summed E-state index contributed by atoms with van der Waals surface area (Å²) in [5.41, 5.74) is 2.32. The zero-order valence-corrected chi connectivity index (χ0v) is 12.1. The number of nitrogens with zero attached hydrogens (tertiary/aromatic N) is 1. The van der Waals surface area contributed by atoms with E-state index in [2.05, 4.69) is 11.4 Å². The van der Waals surface area contributed by atoms with Crippen LogP contribution in [0.2, 0.25) is 0 Å². The number of nitrogens with one attached hydrogen (secondary N) is 1. The minimum Gasteiger partial charge on any atom is -0.396 e. The lowest BCUT2D eigenvalue weighted by Gasteiger charge is -2.35. The number of carbonyl (C=O) groups is 1. The van der Waals surface area contributed by atoms with E-state index in [1.165, 1.54) is 5.56 Å². The molecule has 1 unspecified atom stereocenters. The molecule has 0 radical (unpaired) electrons. The second kappa shape index (κ2) is 7.29. The fourth-order valence-corrected chi connectivity index (χ4v) is 2.82. The highest BCUT2D eigenvalue weighted by Crippen LogP contribution is 2.19. The van der Waals surface area contributed by atoms with Gasteiger partial charge in [0.25, 0.3) is 0 Å². The molecular weight excluding hydrogens is 252 g/mol. The maximum Gasteiger partial charge on any atom is 0.317 e. The van der Waals surface area contributed by atoms with Crippen molar-refractivity contribution in [1.29, 1.82) is 0 Å². The summed E-state index contributed by atoms with van der Waals surface area (Å²) in [5, 5.41) is 12.1. The molecule has 0 bridgehead atoms. The van der Waals surface area contributed by atoms with Crippen LogP contribution in [0, 0.1) is 6.92 Å². The highest BCUT2D eigenvalue weighted by Gasteiger charge is 2.25. The molecule has 2 N–H and O–H groups in total. The summed E-state index contributed by atoms with van der Waals surface area (Å²) in [7, 11) is 0. The van der Waals surface area contributed by atoms with E-state index >= 15 is 0 Å². The van der Waals surface area contributed by atoms with Gasteiger partial charge in [-0.2, -0.15) is 0 Å². The zero-order chi connectivity index (χ0) is 14.4. The Morgan fingerprint density at radius 2 is 2.30 bits per heavy atom. The summed E-state index contributed by atoms with van der Waals surface area (Å²) >= 11 is 0. The van der Waals surface area contributed by atoms with Crippen molar-refractivity contribution in [2.75, 3.05) is 13.2 Å². The number of carbonyl (C=O) groups excluding carboxylic acids is 1. The van der Waals surface area contributed by atoms with E-state index in [9.17, 15) is 4.79 Å². The van der Waals surface area contributed by atoms with E-state index in [-0.39, 0.29) is 18.7 Å². The van der Waals surface area contributed by atoms with Gasteiger partial charge < -0.3 is 15.3 Å². The monoisotopic (exact) mass is 276 g/mol. The molecule has 1 aliphatic rings. The molecule has 4 nitrogen and oxygen atoms in total. The van der Waals surface area contributed by atoms with Crippen LogP contribution >= 0.6 is 0 Å². The highest BCUT2D eigenvalue weighted by molar-refractivity contribution is 5.74. The molecular formula is C16H24N2O2. The lowest BCUT2D eigenvalue weighted by Crippen LogP contribution is -2.48. The molecule has 1 fully saturated rings. The minimum atomic E-state index is -0.00958. The number of hydrogen-bond donors (Lipinski definition) is 2. The maximum atomic E-state index is 12.3. The topological polar surface area (TPSA) is 52.6 Å². The third-order valence-corrected chi connectivity index (χ3v) is 3.88. The van der Waals surface area contributed by atoms with E-state index in [4.69, 9.17) is 5.11 Å². The number of benzene rings is 1. The number of amides is 2. The summed E-state index contributed by atoms with van der Waals surface area (Å²) in [5.74, 6) is 0. The van der Waals surface area contributed by atoms with Crippen LogP contribution in [0.4, 0.5) is 4.79 Å². The van der Waals surface area contributed by atoms with Gasteiger partial charge in [0.05, 0.1) is 0 Å². The first-order valence-corrected chi connectivity index (χ1v) is 7.41. The Morgan fingerprint density at radius 3 is 3.05 bits per heavy atom. The summed E-state index contributed by atoms with van der Waals surface area (Å²) in [6.45, 7) is 3.55. The average molecular weight is 276 g/mol. The van der Waals surface area contributed by atoms with Gasteiger partial charge >= 0.3 is 6.03 Å². The number of aryl methyl sites for hydroxylation is 1. The molecule has 20 heavy (non-hydrogen) atoms. The number of piperidine rings is 1. The van der Waals surface area contributed by atoms with E-state index in [0.717, 1.165) is 31.4 Å². The molecule has 1 heterocycles. The third-order valence-electron chi connectivity index (χ3n) is 3.88. The van der Waals surface area contributed by atoms with Gasteiger partial charge in [0.1, 0.15) is 0 Å². The summed E-state index contributed by atoms with van der Waals surface area (Å²) < 4.78 is 0. The Hall–Kier alpha value is -1.55. The van der Waals surface area contributed by atoms with Gasteiger partial charge in [-0.05, 0) is 38.2 Å². The number of likely N-dealkylation sites (tertiary alicyclic amines) is 1. The Kier molecular flexibility index (Phi) is 5.41. The quantitative estimate of drug-likeness (QED) is 0.887. The molecule has 2 amide bonds. The number of urea groups is 1. The largest absolute Gasteiger partial charge is 0.396 e. The zero-order valence-electron chi connectivity index (χ0n) is 12.1. The third kappa shape index (κ3) is 3.97. The maximum absolute atomic E-state index is 12.3. The molecule has 0 aliphatic carbocycles. The first-order chi connectivity index (χ1) is 9.70. The molecule has 1 aromatic rings. The Labute approximate surface area is 120 Å². The summed E-state index contributed by atoms with van der Waals surface area (Å²) in [6.07, 6.45) is 3.88. The second-order valence-electron chi connectivity index (χ2n) is 5.50. The van der Waals surface area contributed by atoms with E-state index in [0.29, 0.717) is 13.0 Å². The Bertz CT molecular complexity index is 446. The van der Waals surface area contributed by atoms with Crippen LogP contribution < -0.4 is 5.32 Å². The van der Waals surface area contributed by atoms with Crippen LogP contribution in [-0.4, -0.2) is 35.2 Å². The summed E-state index contributed by atoms with van der Waals surface area (Å²) in [4.78, 5) is 14.2. The van der Waals surface area contributed by atoms with Crippen LogP contribution in [0.3, 0.4) is 0 Å². The van der Waals surface area contributed by atoms with Crippen LogP contribution in [0.25, 0.3) is 0 Å². The van der Waals surface area contributed by atoms with Gasteiger partial charge in [-0.1, -0.05) is 29.8 Å². The van der Waals surface area contributed by atoms with Gasteiger partial charge in [-0.25, -0.2) is 4.79 Å². The van der Waals surface area contributed by atoms with Crippen molar-refractivity contribution in [3.63, 3.8) is 0 Å². The van der Waals surface area contributed by atoms with Gasteiger partial charge in [-0.15, -0.1) is 0 Å². The lowest BCUT2D eigenvalue weighted by molar-refractivity contribution is 0.131. The SMILES string of the molecule is Cc1cccc(CNC(=O)N2CCCCC2CCO)c1. The Balaban J connectivity index is 1.89. The second-order valence-corrected chi connectivity index (χ2v) is 5.50. The number of aliphatic hydroxyl groups is 1. The van der Waals surface area contributed by atoms with Gasteiger partial charge in [0.2, 0.25) is 0 Å². The van der Waals surface area contributed by atoms with Gasteiger partial charge in [0.15, 0.2) is 0 Å². The molecule has 1 atom stereocenters. The molecule has 110 valence electrons. The molecule has 4 heteroatoms. The standard InChI is InChI=1S/C16H24N2O2/c1-13-5-4-6-14(11-13)12-17-16(20)18-9-3-2-7-15(18)8-10-19/h4-6,11,15,19H,2-3,7-10,12H2,1H3,(H,17,20). The van der Waals surface area contributed by atoms with Crippen molar-refractivity contribution in [2.45, 2.75) is 45.2 Å². The van der Waals surface area contributed by atoms with Crippen LogP contribution in [0.15, 0.2) is 24.3 Å². The molecule has 0 saturated carbocycles.